The molecule has 0 aromatic heterocycles. The van der Waals surface area contributed by atoms with Gasteiger partial charge in [0.25, 0.3) is 0 Å². The van der Waals surface area contributed by atoms with Crippen molar-refractivity contribution < 1.29 is 14.6 Å². The Morgan fingerprint density at radius 1 is 1.28 bits per heavy atom. The normalized spacial score (nSPS) is 38.6. The lowest BCUT2D eigenvalue weighted by atomic mass is 9.64. The molecule has 3 nitrogen and oxygen atoms in total. The molecule has 0 spiro atoms. The van der Waals surface area contributed by atoms with Crippen molar-refractivity contribution in [2.45, 2.75) is 58.2 Å². The SMILES string of the molecule is CC(C=CC12OC1(C)CCCC2(C)C)=CC(=O)O. The highest BCUT2D eigenvalue weighted by molar-refractivity contribution is 5.81. The van der Waals surface area contributed by atoms with Gasteiger partial charge in [-0.25, -0.2) is 4.79 Å². The van der Waals surface area contributed by atoms with E-state index in [1.54, 1.807) is 6.92 Å². The van der Waals surface area contributed by atoms with Crippen molar-refractivity contribution in [3.05, 3.63) is 23.8 Å². The van der Waals surface area contributed by atoms with Gasteiger partial charge >= 0.3 is 5.97 Å². The smallest absolute Gasteiger partial charge is 0.328 e. The number of rotatable bonds is 3. The van der Waals surface area contributed by atoms with Crippen LogP contribution in [0.4, 0.5) is 0 Å². The minimum atomic E-state index is -0.906. The number of hydrogen-bond donors (Lipinski definition) is 1. The molecular formula is C15H22O3. The predicted molar refractivity (Wildman–Crippen MR) is 70.4 cm³/mol. The summed E-state index contributed by atoms with van der Waals surface area (Å²) in [5, 5.41) is 8.71. The standard InChI is InChI=1S/C15H22O3/c1-11(10-12(16)17)6-9-15-13(2,3)7-5-8-14(15,4)18-15/h6,9-10H,5,7-8H2,1-4H3,(H,16,17). The first-order chi connectivity index (χ1) is 8.22. The molecule has 18 heavy (non-hydrogen) atoms. The van der Waals surface area contributed by atoms with Gasteiger partial charge in [0.2, 0.25) is 0 Å². The summed E-state index contributed by atoms with van der Waals surface area (Å²) in [5.74, 6) is -0.906. The van der Waals surface area contributed by atoms with Crippen LogP contribution in [0.15, 0.2) is 23.8 Å². The summed E-state index contributed by atoms with van der Waals surface area (Å²) in [4.78, 5) is 10.6. The minimum Gasteiger partial charge on any atom is -0.478 e. The fraction of sp³-hybridized carbons (Fsp3) is 0.667. The van der Waals surface area contributed by atoms with E-state index in [2.05, 4.69) is 26.8 Å². The summed E-state index contributed by atoms with van der Waals surface area (Å²) in [6.07, 6.45) is 8.61. The van der Waals surface area contributed by atoms with Crippen LogP contribution in [0.5, 0.6) is 0 Å². The van der Waals surface area contributed by atoms with Crippen LogP contribution < -0.4 is 0 Å². The average molecular weight is 250 g/mol. The van der Waals surface area contributed by atoms with Gasteiger partial charge in [0.15, 0.2) is 0 Å². The number of fused-ring (bicyclic) bond motifs is 1. The maximum absolute atomic E-state index is 10.6. The number of allylic oxidation sites excluding steroid dienone is 2. The summed E-state index contributed by atoms with van der Waals surface area (Å²) >= 11 is 0. The largest absolute Gasteiger partial charge is 0.478 e. The molecule has 2 atom stereocenters. The summed E-state index contributed by atoms with van der Waals surface area (Å²) < 4.78 is 6.06. The first-order valence-electron chi connectivity index (χ1n) is 6.53. The van der Waals surface area contributed by atoms with E-state index in [-0.39, 0.29) is 16.6 Å². The summed E-state index contributed by atoms with van der Waals surface area (Å²) in [7, 11) is 0. The Morgan fingerprint density at radius 3 is 2.50 bits per heavy atom. The molecule has 1 saturated heterocycles. The van der Waals surface area contributed by atoms with Crippen molar-refractivity contribution in [1.29, 1.82) is 0 Å². The summed E-state index contributed by atoms with van der Waals surface area (Å²) in [5.41, 5.74) is 0.580. The second-order valence-electron chi connectivity index (χ2n) is 6.37. The fourth-order valence-electron chi connectivity index (χ4n) is 3.40. The molecule has 0 radical (unpaired) electrons. The van der Waals surface area contributed by atoms with Crippen LogP contribution in [0.25, 0.3) is 0 Å². The van der Waals surface area contributed by atoms with Crippen LogP contribution in [0, 0.1) is 5.41 Å². The predicted octanol–water partition coefficient (Wildman–Crippen LogP) is 3.31. The van der Waals surface area contributed by atoms with Gasteiger partial charge in [-0.3, -0.25) is 0 Å². The molecule has 0 amide bonds. The van der Waals surface area contributed by atoms with Gasteiger partial charge in [0.1, 0.15) is 5.60 Å². The highest BCUT2D eigenvalue weighted by Crippen LogP contribution is 2.66. The number of aliphatic carboxylic acids is 1. The molecule has 1 saturated carbocycles. The van der Waals surface area contributed by atoms with Gasteiger partial charge in [0, 0.05) is 11.5 Å². The topological polar surface area (TPSA) is 49.8 Å². The van der Waals surface area contributed by atoms with Crippen LogP contribution in [-0.4, -0.2) is 22.3 Å². The molecular weight excluding hydrogens is 228 g/mol. The van der Waals surface area contributed by atoms with Crippen LogP contribution in [0.1, 0.15) is 47.0 Å². The quantitative estimate of drug-likeness (QED) is 0.475. The first-order valence-corrected chi connectivity index (χ1v) is 6.53. The second kappa shape index (κ2) is 3.95. The third-order valence-electron chi connectivity index (χ3n) is 4.52. The van der Waals surface area contributed by atoms with E-state index in [4.69, 9.17) is 9.84 Å². The molecule has 0 bridgehead atoms. The van der Waals surface area contributed by atoms with Gasteiger partial charge in [-0.05, 0) is 44.8 Å². The lowest BCUT2D eigenvalue weighted by molar-refractivity contribution is -0.131. The highest BCUT2D eigenvalue weighted by atomic mass is 16.6. The summed E-state index contributed by atoms with van der Waals surface area (Å²) in [6.45, 7) is 8.43. The Bertz CT molecular complexity index is 433. The zero-order valence-electron chi connectivity index (χ0n) is 11.6. The lowest BCUT2D eigenvalue weighted by Crippen LogP contribution is -2.41. The third-order valence-corrected chi connectivity index (χ3v) is 4.52. The van der Waals surface area contributed by atoms with Crippen LogP contribution in [0.2, 0.25) is 0 Å². The van der Waals surface area contributed by atoms with Crippen molar-refractivity contribution >= 4 is 5.97 Å². The van der Waals surface area contributed by atoms with Crippen molar-refractivity contribution in [1.82, 2.24) is 0 Å². The maximum atomic E-state index is 10.6. The highest BCUT2D eigenvalue weighted by Gasteiger charge is 2.73. The second-order valence-corrected chi connectivity index (χ2v) is 6.37. The fourth-order valence-corrected chi connectivity index (χ4v) is 3.40. The Hall–Kier alpha value is -1.09. The molecule has 3 heteroatoms. The first kappa shape index (κ1) is 13.3. The van der Waals surface area contributed by atoms with Crippen LogP contribution in [0.3, 0.4) is 0 Å². The Kier molecular flexibility index (Phi) is 2.93. The number of carbonyl (C=O) groups is 1. The monoisotopic (exact) mass is 250 g/mol. The molecule has 2 unspecified atom stereocenters. The molecule has 2 aliphatic rings. The van der Waals surface area contributed by atoms with Gasteiger partial charge in [-0.1, -0.05) is 19.9 Å². The zero-order valence-corrected chi connectivity index (χ0v) is 11.6. The van der Waals surface area contributed by atoms with Crippen LogP contribution in [-0.2, 0) is 9.53 Å². The number of carboxylic acid groups (broad SMARTS) is 1. The van der Waals surface area contributed by atoms with Gasteiger partial charge in [-0.2, -0.15) is 0 Å². The van der Waals surface area contributed by atoms with Crippen molar-refractivity contribution in [3.63, 3.8) is 0 Å². The molecule has 0 aromatic rings. The van der Waals surface area contributed by atoms with E-state index in [0.29, 0.717) is 0 Å². The van der Waals surface area contributed by atoms with Gasteiger partial charge < -0.3 is 9.84 Å². The molecule has 1 heterocycles. The van der Waals surface area contributed by atoms with E-state index in [1.807, 2.05) is 6.08 Å². The van der Waals surface area contributed by atoms with E-state index in [0.717, 1.165) is 18.4 Å². The molecule has 1 N–H and O–H groups in total. The van der Waals surface area contributed by atoms with E-state index >= 15 is 0 Å². The maximum Gasteiger partial charge on any atom is 0.328 e. The number of epoxide rings is 1. The van der Waals surface area contributed by atoms with Crippen molar-refractivity contribution in [2.24, 2.45) is 5.41 Å². The van der Waals surface area contributed by atoms with Crippen LogP contribution >= 0.6 is 0 Å². The van der Waals surface area contributed by atoms with Crippen molar-refractivity contribution in [2.75, 3.05) is 0 Å². The van der Waals surface area contributed by atoms with Gasteiger partial charge in [-0.15, -0.1) is 0 Å². The third kappa shape index (κ3) is 1.91. The molecule has 1 aliphatic carbocycles. The van der Waals surface area contributed by atoms with Crippen molar-refractivity contribution in [3.8, 4) is 0 Å². The number of ether oxygens (including phenoxy) is 1. The Morgan fingerprint density at radius 2 is 1.94 bits per heavy atom. The molecule has 0 aromatic carbocycles. The zero-order chi connectivity index (χ0) is 13.6. The van der Waals surface area contributed by atoms with E-state index in [9.17, 15) is 4.79 Å². The summed E-state index contributed by atoms with van der Waals surface area (Å²) in [6, 6.07) is 0. The Balaban J connectivity index is 2.23. The number of carboxylic acids is 1. The molecule has 2 fully saturated rings. The Labute approximate surface area is 109 Å². The van der Waals surface area contributed by atoms with Gasteiger partial charge in [0.05, 0.1) is 5.60 Å². The molecule has 1 aliphatic heterocycles. The minimum absolute atomic E-state index is 0.0608. The molecule has 100 valence electrons. The number of hydrogen-bond acceptors (Lipinski definition) is 2. The molecule has 2 rings (SSSR count). The average Bonchev–Trinajstić information content (AvgIpc) is 2.82. The van der Waals surface area contributed by atoms with E-state index in [1.165, 1.54) is 12.5 Å². The van der Waals surface area contributed by atoms with E-state index < -0.39 is 5.97 Å². The lowest BCUT2D eigenvalue weighted by Gasteiger charge is -2.36.